The van der Waals surface area contributed by atoms with Crippen molar-refractivity contribution in [2.75, 3.05) is 5.75 Å². The minimum absolute atomic E-state index is 0.166. The highest BCUT2D eigenvalue weighted by Gasteiger charge is 2.51. The topological polar surface area (TPSA) is 55.1 Å². The van der Waals surface area contributed by atoms with Gasteiger partial charge in [-0.2, -0.15) is 0 Å². The van der Waals surface area contributed by atoms with E-state index in [4.69, 9.17) is 5.73 Å². The average Bonchev–Trinajstić information content (AvgIpc) is 3.25. The van der Waals surface area contributed by atoms with Gasteiger partial charge in [-0.1, -0.05) is 6.07 Å². The molecule has 3 nitrogen and oxygen atoms in total. The summed E-state index contributed by atoms with van der Waals surface area (Å²) in [4.78, 5) is 12.0. The summed E-state index contributed by atoms with van der Waals surface area (Å²) in [7, 11) is 0. The lowest BCUT2D eigenvalue weighted by Crippen LogP contribution is -2.60. The molecule has 98 valence electrons. The molecule has 3 N–H and O–H groups in total. The van der Waals surface area contributed by atoms with Gasteiger partial charge in [0.25, 0.3) is 0 Å². The molecule has 1 atom stereocenters. The SMILES string of the molecule is NC(=O)C(CSc1cccs1)(NC1CC1)C1CC1. The molecule has 0 radical (unpaired) electrons. The van der Waals surface area contributed by atoms with Gasteiger partial charge in [-0.3, -0.25) is 10.1 Å². The molecular weight excluding hydrogens is 264 g/mol. The number of amides is 1. The van der Waals surface area contributed by atoms with E-state index in [1.54, 1.807) is 23.1 Å². The van der Waals surface area contributed by atoms with Crippen LogP contribution in [0.5, 0.6) is 0 Å². The van der Waals surface area contributed by atoms with Gasteiger partial charge in [0.2, 0.25) is 5.91 Å². The number of primary amides is 1. The Kier molecular flexibility index (Phi) is 3.38. The number of nitrogens with one attached hydrogen (secondary N) is 1. The normalized spacial score (nSPS) is 22.7. The highest BCUT2D eigenvalue weighted by molar-refractivity contribution is 8.01. The maximum atomic E-state index is 12.0. The van der Waals surface area contributed by atoms with Crippen LogP contribution in [0.15, 0.2) is 21.7 Å². The van der Waals surface area contributed by atoms with Crippen LogP contribution in [0.25, 0.3) is 0 Å². The van der Waals surface area contributed by atoms with Crippen LogP contribution >= 0.6 is 23.1 Å². The largest absolute Gasteiger partial charge is 0.368 e. The summed E-state index contributed by atoms with van der Waals surface area (Å²) in [5.41, 5.74) is 5.24. The maximum Gasteiger partial charge on any atom is 0.238 e. The summed E-state index contributed by atoms with van der Waals surface area (Å²) in [6.45, 7) is 0. The van der Waals surface area contributed by atoms with Crippen molar-refractivity contribution in [1.29, 1.82) is 0 Å². The van der Waals surface area contributed by atoms with E-state index >= 15 is 0 Å². The first-order valence-electron chi connectivity index (χ1n) is 6.44. The molecule has 0 spiro atoms. The third kappa shape index (κ3) is 2.58. The van der Waals surface area contributed by atoms with E-state index in [-0.39, 0.29) is 5.91 Å². The molecule has 1 unspecified atom stereocenters. The quantitative estimate of drug-likeness (QED) is 0.754. The van der Waals surface area contributed by atoms with Gasteiger partial charge >= 0.3 is 0 Å². The Labute approximate surface area is 116 Å². The zero-order valence-electron chi connectivity index (χ0n) is 10.2. The van der Waals surface area contributed by atoms with Crippen molar-refractivity contribution in [3.63, 3.8) is 0 Å². The van der Waals surface area contributed by atoms with Crippen molar-refractivity contribution in [2.24, 2.45) is 11.7 Å². The van der Waals surface area contributed by atoms with E-state index in [9.17, 15) is 4.79 Å². The van der Waals surface area contributed by atoms with Crippen LogP contribution in [0, 0.1) is 5.92 Å². The number of rotatable bonds is 7. The van der Waals surface area contributed by atoms with Gasteiger partial charge in [0.1, 0.15) is 5.54 Å². The molecule has 2 saturated carbocycles. The van der Waals surface area contributed by atoms with E-state index in [0.29, 0.717) is 12.0 Å². The van der Waals surface area contributed by atoms with Crippen molar-refractivity contribution < 1.29 is 4.79 Å². The third-order valence-corrected chi connectivity index (χ3v) is 6.01. The summed E-state index contributed by atoms with van der Waals surface area (Å²) in [6.07, 6.45) is 4.64. The number of hydrogen-bond acceptors (Lipinski definition) is 4. The van der Waals surface area contributed by atoms with Crippen molar-refractivity contribution in [3.8, 4) is 0 Å². The first-order chi connectivity index (χ1) is 8.71. The van der Waals surface area contributed by atoms with Crippen molar-refractivity contribution in [2.45, 2.75) is 41.5 Å². The number of nitrogens with two attached hydrogens (primary N) is 1. The molecular formula is C13H18N2OS2. The Bertz CT molecular complexity index is 426. The zero-order chi connectivity index (χ0) is 12.6. The molecule has 0 aromatic carbocycles. The average molecular weight is 282 g/mol. The summed E-state index contributed by atoms with van der Waals surface area (Å²) >= 11 is 3.48. The lowest BCUT2D eigenvalue weighted by atomic mass is 9.94. The monoisotopic (exact) mass is 282 g/mol. The zero-order valence-corrected chi connectivity index (χ0v) is 11.9. The molecule has 2 aliphatic rings. The summed E-state index contributed by atoms with van der Waals surface area (Å²) in [5.74, 6) is 1.05. The predicted molar refractivity (Wildman–Crippen MR) is 75.9 cm³/mol. The van der Waals surface area contributed by atoms with Crippen molar-refractivity contribution >= 4 is 29.0 Å². The fourth-order valence-electron chi connectivity index (χ4n) is 2.32. The number of hydrogen-bond donors (Lipinski definition) is 2. The lowest BCUT2D eigenvalue weighted by molar-refractivity contribution is -0.124. The second-order valence-corrected chi connectivity index (χ2v) is 7.47. The Morgan fingerprint density at radius 1 is 1.50 bits per heavy atom. The molecule has 1 heterocycles. The summed E-state index contributed by atoms with van der Waals surface area (Å²) in [6, 6.07) is 4.66. The van der Waals surface area contributed by atoms with Gasteiger partial charge in [0.05, 0.1) is 4.21 Å². The van der Waals surface area contributed by atoms with Gasteiger partial charge < -0.3 is 5.73 Å². The van der Waals surface area contributed by atoms with Crippen LogP contribution in [0.3, 0.4) is 0 Å². The fraction of sp³-hybridized carbons (Fsp3) is 0.615. The Hall–Kier alpha value is -0.520. The number of thioether (sulfide) groups is 1. The second-order valence-electron chi connectivity index (χ2n) is 5.25. The van der Waals surface area contributed by atoms with Crippen LogP contribution in [0.1, 0.15) is 25.7 Å². The fourth-order valence-corrected chi connectivity index (χ4v) is 4.39. The molecule has 2 fully saturated rings. The molecule has 5 heteroatoms. The van der Waals surface area contributed by atoms with Crippen LogP contribution in [-0.4, -0.2) is 23.2 Å². The number of carbonyl (C=O) groups is 1. The predicted octanol–water partition coefficient (Wildman–Crippen LogP) is 2.23. The molecule has 1 aromatic rings. The molecule has 3 rings (SSSR count). The van der Waals surface area contributed by atoms with Crippen LogP contribution in [0.2, 0.25) is 0 Å². The van der Waals surface area contributed by atoms with E-state index in [2.05, 4.69) is 16.8 Å². The standard InChI is InChI=1S/C13H18N2OS2/c14-12(16)13(9-3-4-9,15-10-5-6-10)8-18-11-2-1-7-17-11/h1-2,7,9-10,15H,3-6,8H2,(H2,14,16). The molecule has 0 saturated heterocycles. The minimum atomic E-state index is -0.476. The molecule has 1 aromatic heterocycles. The minimum Gasteiger partial charge on any atom is -0.368 e. The Balaban J connectivity index is 1.72. The smallest absolute Gasteiger partial charge is 0.238 e. The van der Waals surface area contributed by atoms with Crippen molar-refractivity contribution in [3.05, 3.63) is 17.5 Å². The van der Waals surface area contributed by atoms with Crippen molar-refractivity contribution in [1.82, 2.24) is 5.32 Å². The van der Waals surface area contributed by atoms with Gasteiger partial charge in [0.15, 0.2) is 0 Å². The van der Waals surface area contributed by atoms with E-state index in [1.807, 2.05) is 6.07 Å². The summed E-state index contributed by atoms with van der Waals surface area (Å²) in [5, 5.41) is 5.61. The molecule has 0 bridgehead atoms. The van der Waals surface area contributed by atoms with Crippen LogP contribution in [-0.2, 0) is 4.79 Å². The Morgan fingerprint density at radius 2 is 2.28 bits per heavy atom. The van der Waals surface area contributed by atoms with Gasteiger partial charge in [-0.15, -0.1) is 23.1 Å². The molecule has 1 amide bonds. The van der Waals surface area contributed by atoms with Crippen LogP contribution in [0.4, 0.5) is 0 Å². The van der Waals surface area contributed by atoms with E-state index < -0.39 is 5.54 Å². The molecule has 18 heavy (non-hydrogen) atoms. The van der Waals surface area contributed by atoms with E-state index in [0.717, 1.165) is 18.6 Å². The Morgan fingerprint density at radius 3 is 2.78 bits per heavy atom. The first kappa shape index (κ1) is 12.5. The molecule has 0 aliphatic heterocycles. The highest BCUT2D eigenvalue weighted by Crippen LogP contribution is 2.44. The van der Waals surface area contributed by atoms with Gasteiger partial charge in [0, 0.05) is 11.8 Å². The second kappa shape index (κ2) is 4.87. The highest BCUT2D eigenvalue weighted by atomic mass is 32.2. The number of thiophene rings is 1. The van der Waals surface area contributed by atoms with Gasteiger partial charge in [-0.25, -0.2) is 0 Å². The van der Waals surface area contributed by atoms with Gasteiger partial charge in [-0.05, 0) is 43.0 Å². The third-order valence-electron chi connectivity index (χ3n) is 3.69. The number of carbonyl (C=O) groups excluding carboxylic acids is 1. The molecule has 2 aliphatic carbocycles. The summed E-state index contributed by atoms with van der Waals surface area (Å²) < 4.78 is 1.26. The van der Waals surface area contributed by atoms with Crippen LogP contribution < -0.4 is 11.1 Å². The lowest BCUT2D eigenvalue weighted by Gasteiger charge is -2.31. The maximum absolute atomic E-state index is 12.0. The first-order valence-corrected chi connectivity index (χ1v) is 8.31. The van der Waals surface area contributed by atoms with E-state index in [1.165, 1.54) is 17.1 Å².